The summed E-state index contributed by atoms with van der Waals surface area (Å²) in [6.07, 6.45) is 3.93. The lowest BCUT2D eigenvalue weighted by atomic mass is 9.66. The maximum Gasteiger partial charge on any atom is 0.410 e. The van der Waals surface area contributed by atoms with Crippen molar-refractivity contribution in [3.8, 4) is 0 Å². The second-order valence-corrected chi connectivity index (χ2v) is 22.4. The van der Waals surface area contributed by atoms with Crippen molar-refractivity contribution in [2.45, 2.75) is 111 Å². The quantitative estimate of drug-likeness (QED) is 0.170. The van der Waals surface area contributed by atoms with E-state index in [1.165, 1.54) is 11.0 Å². The number of ether oxygens (including phenoxy) is 1. The second kappa shape index (κ2) is 13.0. The molecule has 0 aromatic rings. The fourth-order valence-corrected chi connectivity index (χ4v) is 8.15. The maximum absolute atomic E-state index is 13.6. The van der Waals surface area contributed by atoms with Crippen LogP contribution in [0.3, 0.4) is 0 Å². The SMILES string of the molecule is C=CCOC(=O)N1C[C@@H](O[Si](C)(C)C(C)(C)C)C[C@H]1C=C(C)C1=C(C(=O)O)N2C(=O)[C@@H]([C@@H](CO[SiH](C)C)C(C)(C)C)[C@H]2C1. The van der Waals surface area contributed by atoms with Crippen LogP contribution in [0, 0.1) is 17.3 Å². The molecule has 0 aromatic heterocycles. The van der Waals surface area contributed by atoms with Crippen molar-refractivity contribution in [2.75, 3.05) is 19.8 Å². The molecule has 2 fully saturated rings. The highest BCUT2D eigenvalue weighted by atomic mass is 28.4. The summed E-state index contributed by atoms with van der Waals surface area (Å²) in [5.74, 6) is -1.57. The molecule has 3 heterocycles. The summed E-state index contributed by atoms with van der Waals surface area (Å²) in [6, 6.07) is -0.549. The smallest absolute Gasteiger partial charge is 0.410 e. The summed E-state index contributed by atoms with van der Waals surface area (Å²) in [5, 5.41) is 10.3. The van der Waals surface area contributed by atoms with Crippen molar-refractivity contribution in [2.24, 2.45) is 17.3 Å². The first-order chi connectivity index (χ1) is 19.7. The van der Waals surface area contributed by atoms with Crippen LogP contribution in [0.4, 0.5) is 4.79 Å². The molecule has 9 nitrogen and oxygen atoms in total. The number of allylic oxidation sites excluding steroid dienone is 1. The summed E-state index contributed by atoms with van der Waals surface area (Å²) in [6.45, 7) is 28.1. The van der Waals surface area contributed by atoms with Crippen molar-refractivity contribution in [1.29, 1.82) is 0 Å². The van der Waals surface area contributed by atoms with Crippen molar-refractivity contribution < 1.29 is 33.1 Å². The van der Waals surface area contributed by atoms with Gasteiger partial charge in [-0.1, -0.05) is 60.3 Å². The van der Waals surface area contributed by atoms with Crippen LogP contribution in [0.1, 0.15) is 61.3 Å². The molecule has 2 saturated heterocycles. The number of amides is 2. The number of aliphatic carboxylic acids is 1. The Morgan fingerprint density at radius 2 is 1.81 bits per heavy atom. The highest BCUT2D eigenvalue weighted by Gasteiger charge is 2.59. The molecule has 0 bridgehead atoms. The van der Waals surface area contributed by atoms with Crippen LogP contribution in [0.15, 0.2) is 35.6 Å². The van der Waals surface area contributed by atoms with Gasteiger partial charge >= 0.3 is 12.1 Å². The number of β-lactam (4-membered cyclic amide) rings is 1. The van der Waals surface area contributed by atoms with Gasteiger partial charge in [-0.3, -0.25) is 9.69 Å². The number of carboxylic acids is 1. The van der Waals surface area contributed by atoms with E-state index in [2.05, 4.69) is 74.3 Å². The Bertz CT molecular complexity index is 1170. The van der Waals surface area contributed by atoms with Crippen LogP contribution in [0.5, 0.6) is 0 Å². The van der Waals surface area contributed by atoms with Gasteiger partial charge in [0.25, 0.3) is 0 Å². The Morgan fingerprint density at radius 1 is 1.19 bits per heavy atom. The van der Waals surface area contributed by atoms with Crippen LogP contribution >= 0.6 is 0 Å². The van der Waals surface area contributed by atoms with Gasteiger partial charge in [0.1, 0.15) is 12.3 Å². The lowest BCUT2D eigenvalue weighted by Crippen LogP contribution is -2.63. The molecule has 43 heavy (non-hydrogen) atoms. The van der Waals surface area contributed by atoms with Crippen LogP contribution in [0.2, 0.25) is 31.2 Å². The maximum atomic E-state index is 13.6. The highest BCUT2D eigenvalue weighted by molar-refractivity contribution is 6.74. The van der Waals surface area contributed by atoms with E-state index in [-0.39, 0.29) is 58.7 Å². The van der Waals surface area contributed by atoms with Gasteiger partial charge in [-0.15, -0.1) is 0 Å². The number of rotatable bonds is 11. The molecule has 1 N–H and O–H groups in total. The van der Waals surface area contributed by atoms with Crippen LogP contribution in [-0.4, -0.2) is 88.2 Å². The lowest BCUT2D eigenvalue weighted by molar-refractivity contribution is -0.162. The van der Waals surface area contributed by atoms with Gasteiger partial charge in [0.2, 0.25) is 5.91 Å². The van der Waals surface area contributed by atoms with E-state index in [9.17, 15) is 19.5 Å². The first-order valence-corrected chi connectivity index (χ1v) is 21.2. The Hall–Kier alpha value is -2.22. The standard InChI is InChI=1S/C32H54N2O7Si2/c1-13-14-39-30(38)33-18-22(41-43(11,12)32(6,7)8)16-21(33)15-20(2)23-17-25-26(28(35)34(25)27(23)29(36)37)24(31(3,4)5)19-40-42(9)10/h13,15,21-22,24-26,42H,1,14,16-19H2,2-12H3,(H,36,37)/t21-,22+,24-,25-,26+/m1/s1. The number of carbonyl (C=O) groups excluding carboxylic acids is 2. The molecule has 11 heteroatoms. The van der Waals surface area contributed by atoms with Crippen LogP contribution < -0.4 is 0 Å². The molecule has 5 atom stereocenters. The third kappa shape index (κ3) is 7.54. The average Bonchev–Trinajstić information content (AvgIpc) is 3.42. The molecule has 0 aliphatic carbocycles. The first-order valence-electron chi connectivity index (χ1n) is 15.5. The van der Waals surface area contributed by atoms with Gasteiger partial charge < -0.3 is 23.6 Å². The Kier molecular flexibility index (Phi) is 10.7. The second-order valence-electron chi connectivity index (χ2n) is 15.2. The van der Waals surface area contributed by atoms with E-state index in [1.807, 2.05) is 13.0 Å². The van der Waals surface area contributed by atoms with Crippen LogP contribution in [-0.2, 0) is 23.2 Å². The monoisotopic (exact) mass is 634 g/mol. The molecule has 3 rings (SSSR count). The van der Waals surface area contributed by atoms with E-state index in [1.54, 1.807) is 4.90 Å². The number of carboxylic acid groups (broad SMARTS) is 1. The van der Waals surface area contributed by atoms with E-state index >= 15 is 0 Å². The predicted molar refractivity (Wildman–Crippen MR) is 174 cm³/mol. The molecule has 3 aliphatic heterocycles. The molecule has 0 saturated carbocycles. The zero-order valence-corrected chi connectivity index (χ0v) is 30.3. The summed E-state index contributed by atoms with van der Waals surface area (Å²) >= 11 is 0. The number of hydrogen-bond donors (Lipinski definition) is 1. The van der Waals surface area contributed by atoms with Gasteiger partial charge in [-0.25, -0.2) is 9.59 Å². The fourth-order valence-electron chi connectivity index (χ4n) is 6.20. The third-order valence-corrected chi connectivity index (χ3v) is 15.0. The van der Waals surface area contributed by atoms with Gasteiger partial charge in [0.15, 0.2) is 17.4 Å². The Morgan fingerprint density at radius 3 is 2.33 bits per heavy atom. The third-order valence-electron chi connectivity index (χ3n) is 9.62. The molecular weight excluding hydrogens is 581 g/mol. The lowest BCUT2D eigenvalue weighted by Gasteiger charge is -2.50. The molecule has 242 valence electrons. The van der Waals surface area contributed by atoms with E-state index in [0.717, 1.165) is 5.57 Å². The largest absolute Gasteiger partial charge is 0.477 e. The molecule has 0 radical (unpaired) electrons. The minimum Gasteiger partial charge on any atom is -0.477 e. The highest BCUT2D eigenvalue weighted by Crippen LogP contribution is 2.51. The van der Waals surface area contributed by atoms with Crippen molar-refractivity contribution in [3.05, 3.63) is 35.6 Å². The molecule has 2 amide bonds. The Balaban J connectivity index is 1.92. The number of nitrogens with zero attached hydrogens (tertiary/aromatic N) is 2. The molecule has 0 aromatic carbocycles. The van der Waals surface area contributed by atoms with Crippen molar-refractivity contribution in [1.82, 2.24) is 9.80 Å². The van der Waals surface area contributed by atoms with Crippen LogP contribution in [0.25, 0.3) is 0 Å². The summed E-state index contributed by atoms with van der Waals surface area (Å²) in [7, 11) is -3.40. The van der Waals surface area contributed by atoms with Gasteiger partial charge in [0, 0.05) is 13.2 Å². The zero-order valence-electron chi connectivity index (χ0n) is 28.2. The molecule has 0 unspecified atom stereocenters. The van der Waals surface area contributed by atoms with E-state index < -0.39 is 29.4 Å². The first kappa shape index (κ1) is 35.3. The number of fused-ring (bicyclic) bond motifs is 1. The summed E-state index contributed by atoms with van der Waals surface area (Å²) in [5.41, 5.74) is 1.28. The van der Waals surface area contributed by atoms with Gasteiger partial charge in [0.05, 0.1) is 24.1 Å². The molecular formula is C32H54N2O7Si2. The molecule has 3 aliphatic rings. The van der Waals surface area contributed by atoms with Crippen molar-refractivity contribution >= 4 is 35.3 Å². The normalized spacial score (nSPS) is 25.7. The fraction of sp³-hybridized carbons (Fsp3) is 0.719. The van der Waals surface area contributed by atoms with Crippen molar-refractivity contribution in [3.63, 3.8) is 0 Å². The Labute approximate surface area is 261 Å². The topological polar surface area (TPSA) is 106 Å². The predicted octanol–water partition coefficient (Wildman–Crippen LogP) is 5.95. The minimum atomic E-state index is -2.10. The minimum absolute atomic E-state index is 0.0141. The van der Waals surface area contributed by atoms with E-state index in [0.29, 0.717) is 31.6 Å². The average molecular weight is 635 g/mol. The summed E-state index contributed by atoms with van der Waals surface area (Å²) < 4.78 is 18.2. The van der Waals surface area contributed by atoms with E-state index in [4.69, 9.17) is 13.6 Å². The van der Waals surface area contributed by atoms with Gasteiger partial charge in [-0.2, -0.15) is 0 Å². The number of hydrogen-bond acceptors (Lipinski definition) is 6. The number of likely N-dealkylation sites (tertiary alicyclic amines) is 1. The number of carbonyl (C=O) groups is 3. The zero-order chi connectivity index (χ0) is 32.7. The van der Waals surface area contributed by atoms with Gasteiger partial charge in [-0.05, 0) is 73.5 Å². The molecule has 0 spiro atoms. The summed E-state index contributed by atoms with van der Waals surface area (Å²) in [4.78, 5) is 42.4.